The molecule has 0 aliphatic heterocycles. The van der Waals surface area contributed by atoms with Gasteiger partial charge in [0.1, 0.15) is 0 Å². The van der Waals surface area contributed by atoms with Crippen LogP contribution in [0, 0.1) is 29.6 Å². The van der Waals surface area contributed by atoms with Gasteiger partial charge >= 0.3 is 0 Å². The Morgan fingerprint density at radius 1 is 1.29 bits per heavy atom. The highest BCUT2D eigenvalue weighted by Gasteiger charge is 2.42. The van der Waals surface area contributed by atoms with Gasteiger partial charge in [0.05, 0.1) is 6.10 Å². The summed E-state index contributed by atoms with van der Waals surface area (Å²) in [4.78, 5) is 0. The van der Waals surface area contributed by atoms with E-state index in [1.165, 1.54) is 0 Å². The third-order valence-electron chi connectivity index (χ3n) is 4.56. The summed E-state index contributed by atoms with van der Waals surface area (Å²) < 4.78 is 0. The fraction of sp³-hybridized carbons (Fsp3) is 0.733. The molecule has 0 heterocycles. The summed E-state index contributed by atoms with van der Waals surface area (Å²) in [7, 11) is 0. The summed E-state index contributed by atoms with van der Waals surface area (Å²) in [5.74, 6) is 1.80. The second-order valence-corrected chi connectivity index (χ2v) is 5.66. The molecule has 0 spiro atoms. The van der Waals surface area contributed by atoms with E-state index in [0.717, 1.165) is 12.8 Å². The predicted molar refractivity (Wildman–Crippen MR) is 69.4 cm³/mol. The van der Waals surface area contributed by atoms with Crippen LogP contribution in [0.5, 0.6) is 0 Å². The molecule has 1 saturated carbocycles. The molecule has 0 aromatic rings. The minimum Gasteiger partial charge on any atom is -0.396 e. The van der Waals surface area contributed by atoms with E-state index >= 15 is 0 Å². The van der Waals surface area contributed by atoms with Gasteiger partial charge in [0.2, 0.25) is 0 Å². The zero-order valence-corrected chi connectivity index (χ0v) is 10.8. The number of allylic oxidation sites excluding steroid dienone is 4. The molecule has 2 heteroatoms. The molecule has 1 fully saturated rings. The lowest BCUT2D eigenvalue weighted by Gasteiger charge is -2.45. The molecule has 0 bridgehead atoms. The second-order valence-electron chi connectivity index (χ2n) is 5.66. The zero-order valence-electron chi connectivity index (χ0n) is 10.8. The van der Waals surface area contributed by atoms with Crippen LogP contribution in [-0.4, -0.2) is 22.9 Å². The maximum Gasteiger partial charge on any atom is 0.0583 e. The van der Waals surface area contributed by atoms with Gasteiger partial charge < -0.3 is 10.2 Å². The molecule has 0 unspecified atom stereocenters. The fourth-order valence-electron chi connectivity index (χ4n) is 3.69. The van der Waals surface area contributed by atoms with Crippen LogP contribution in [0.2, 0.25) is 0 Å². The Balaban J connectivity index is 2.17. The number of fused-ring (bicyclic) bond motifs is 1. The monoisotopic (exact) mass is 236 g/mol. The number of hydrogen-bond acceptors (Lipinski definition) is 2. The van der Waals surface area contributed by atoms with Gasteiger partial charge in [0.15, 0.2) is 0 Å². The number of rotatable bonds is 2. The lowest BCUT2D eigenvalue weighted by Crippen LogP contribution is -2.44. The second kappa shape index (κ2) is 5.36. The van der Waals surface area contributed by atoms with Crippen molar-refractivity contribution in [3.05, 3.63) is 24.3 Å². The topological polar surface area (TPSA) is 40.5 Å². The van der Waals surface area contributed by atoms with Crippen molar-refractivity contribution in [3.8, 4) is 0 Å². The molecule has 2 aliphatic carbocycles. The van der Waals surface area contributed by atoms with Crippen LogP contribution in [0.3, 0.4) is 0 Å². The van der Waals surface area contributed by atoms with Gasteiger partial charge in [0, 0.05) is 6.61 Å². The van der Waals surface area contributed by atoms with Crippen molar-refractivity contribution in [2.24, 2.45) is 29.6 Å². The van der Waals surface area contributed by atoms with Crippen molar-refractivity contribution in [2.45, 2.75) is 32.8 Å². The summed E-state index contributed by atoms with van der Waals surface area (Å²) in [6.07, 6.45) is 10.5. The van der Waals surface area contributed by atoms with Crippen molar-refractivity contribution in [2.75, 3.05) is 6.61 Å². The lowest BCUT2D eigenvalue weighted by atomic mass is 9.62. The van der Waals surface area contributed by atoms with Gasteiger partial charge in [0.25, 0.3) is 0 Å². The maximum absolute atomic E-state index is 10.3. The van der Waals surface area contributed by atoms with E-state index < -0.39 is 0 Å². The summed E-state index contributed by atoms with van der Waals surface area (Å²) in [5, 5.41) is 19.9. The molecule has 0 aromatic heterocycles. The van der Waals surface area contributed by atoms with Crippen LogP contribution < -0.4 is 0 Å². The molecule has 2 N–H and O–H groups in total. The first-order valence-electron chi connectivity index (χ1n) is 6.77. The number of aliphatic hydroxyl groups excluding tert-OH is 2. The van der Waals surface area contributed by atoms with E-state index in [0.29, 0.717) is 17.8 Å². The van der Waals surface area contributed by atoms with Crippen molar-refractivity contribution >= 4 is 0 Å². The minimum atomic E-state index is -0.264. The van der Waals surface area contributed by atoms with Crippen LogP contribution in [-0.2, 0) is 0 Å². The number of hydrogen-bond donors (Lipinski definition) is 2. The highest BCUT2D eigenvalue weighted by molar-refractivity contribution is 5.09. The Bertz CT molecular complexity index is 308. The van der Waals surface area contributed by atoms with Gasteiger partial charge in [-0.25, -0.2) is 0 Å². The molecular formula is C15H24O2. The molecule has 0 amide bonds. The van der Waals surface area contributed by atoms with Gasteiger partial charge in [-0.1, -0.05) is 31.2 Å². The van der Waals surface area contributed by atoms with Crippen LogP contribution in [0.15, 0.2) is 24.3 Å². The third-order valence-corrected chi connectivity index (χ3v) is 4.56. The van der Waals surface area contributed by atoms with Crippen molar-refractivity contribution in [3.63, 3.8) is 0 Å². The normalized spacial score (nSPS) is 46.1. The Kier molecular flexibility index (Phi) is 4.05. The zero-order chi connectivity index (χ0) is 12.4. The van der Waals surface area contributed by atoms with E-state index in [4.69, 9.17) is 0 Å². The SMILES string of the molecule is C/C=C/[C@@H]1C[C@H](O)[C@@H]2[C@@H](CO)[C@@H](C)C=C[C@H]2C1. The van der Waals surface area contributed by atoms with Crippen molar-refractivity contribution in [1.82, 2.24) is 0 Å². The van der Waals surface area contributed by atoms with Crippen LogP contribution >= 0.6 is 0 Å². The quantitative estimate of drug-likeness (QED) is 0.723. The summed E-state index contributed by atoms with van der Waals surface area (Å²) >= 11 is 0. The highest BCUT2D eigenvalue weighted by Crippen LogP contribution is 2.44. The lowest BCUT2D eigenvalue weighted by molar-refractivity contribution is -0.0320. The van der Waals surface area contributed by atoms with E-state index in [1.54, 1.807) is 0 Å². The molecule has 2 nitrogen and oxygen atoms in total. The summed E-state index contributed by atoms with van der Waals surface area (Å²) in [6, 6.07) is 0. The Morgan fingerprint density at radius 2 is 2.06 bits per heavy atom. The summed E-state index contributed by atoms with van der Waals surface area (Å²) in [5.41, 5.74) is 0. The van der Waals surface area contributed by atoms with E-state index in [1.807, 2.05) is 6.92 Å². The number of aliphatic hydroxyl groups is 2. The van der Waals surface area contributed by atoms with E-state index in [9.17, 15) is 10.2 Å². The first-order valence-corrected chi connectivity index (χ1v) is 6.77. The first kappa shape index (κ1) is 12.8. The Hall–Kier alpha value is -0.600. The Morgan fingerprint density at radius 3 is 2.71 bits per heavy atom. The van der Waals surface area contributed by atoms with E-state index in [-0.39, 0.29) is 24.5 Å². The van der Waals surface area contributed by atoms with Crippen LogP contribution in [0.4, 0.5) is 0 Å². The fourth-order valence-corrected chi connectivity index (χ4v) is 3.69. The molecule has 2 rings (SSSR count). The molecule has 0 radical (unpaired) electrons. The van der Waals surface area contributed by atoms with Gasteiger partial charge in [-0.3, -0.25) is 0 Å². The molecule has 0 saturated heterocycles. The van der Waals surface area contributed by atoms with E-state index in [2.05, 4.69) is 31.2 Å². The molecule has 0 aromatic carbocycles. The summed E-state index contributed by atoms with van der Waals surface area (Å²) in [6.45, 7) is 4.37. The Labute approximate surface area is 104 Å². The van der Waals surface area contributed by atoms with Crippen molar-refractivity contribution < 1.29 is 10.2 Å². The third kappa shape index (κ3) is 2.48. The average Bonchev–Trinajstić information content (AvgIpc) is 2.30. The van der Waals surface area contributed by atoms with Crippen LogP contribution in [0.1, 0.15) is 26.7 Å². The van der Waals surface area contributed by atoms with Gasteiger partial charge in [-0.2, -0.15) is 0 Å². The molecular weight excluding hydrogens is 212 g/mol. The molecule has 96 valence electrons. The largest absolute Gasteiger partial charge is 0.396 e. The molecule has 2 aliphatic rings. The maximum atomic E-state index is 10.3. The van der Waals surface area contributed by atoms with Gasteiger partial charge in [-0.15, -0.1) is 0 Å². The minimum absolute atomic E-state index is 0.192. The predicted octanol–water partition coefficient (Wildman–Crippen LogP) is 2.38. The average molecular weight is 236 g/mol. The van der Waals surface area contributed by atoms with Gasteiger partial charge in [-0.05, 0) is 49.4 Å². The molecule has 17 heavy (non-hydrogen) atoms. The highest BCUT2D eigenvalue weighted by atomic mass is 16.3. The van der Waals surface area contributed by atoms with Crippen molar-refractivity contribution in [1.29, 1.82) is 0 Å². The smallest absolute Gasteiger partial charge is 0.0583 e. The standard InChI is InChI=1S/C15H24O2/c1-3-4-11-7-12-6-5-10(2)13(9-16)15(12)14(17)8-11/h3-6,10-17H,7-9H2,1-2H3/b4-3+/t10-,11-,12-,13-,14-,15-/m0/s1. The van der Waals surface area contributed by atoms with Crippen LogP contribution in [0.25, 0.3) is 0 Å². The molecule has 6 atom stereocenters. The first-order chi connectivity index (χ1) is 8.17.